The minimum absolute atomic E-state index is 0.0735. The summed E-state index contributed by atoms with van der Waals surface area (Å²) in [6.07, 6.45) is 0.225. The molecule has 1 saturated heterocycles. The lowest BCUT2D eigenvalue weighted by Crippen LogP contribution is -2.40. The zero-order valence-corrected chi connectivity index (χ0v) is 18.3. The number of hydrogen-bond acceptors (Lipinski definition) is 6. The first-order chi connectivity index (χ1) is 16.0. The molecule has 0 unspecified atom stereocenters. The monoisotopic (exact) mass is 452 g/mol. The molecule has 4 rings (SSSR count). The Kier molecular flexibility index (Phi) is 7.09. The van der Waals surface area contributed by atoms with Crippen LogP contribution in [-0.4, -0.2) is 64.2 Å². The summed E-state index contributed by atoms with van der Waals surface area (Å²) in [4.78, 5) is 29.2. The first kappa shape index (κ1) is 22.6. The van der Waals surface area contributed by atoms with Crippen LogP contribution in [0.25, 0.3) is 0 Å². The van der Waals surface area contributed by atoms with Crippen LogP contribution in [0.1, 0.15) is 27.3 Å². The van der Waals surface area contributed by atoms with Crippen LogP contribution in [0.2, 0.25) is 0 Å². The average molecular weight is 452 g/mol. The van der Waals surface area contributed by atoms with Crippen molar-refractivity contribution in [3.63, 3.8) is 0 Å². The highest BCUT2D eigenvalue weighted by Gasteiger charge is 2.33. The molecule has 8 nitrogen and oxygen atoms in total. The van der Waals surface area contributed by atoms with E-state index in [-0.39, 0.29) is 37.1 Å². The van der Waals surface area contributed by atoms with Gasteiger partial charge in [-0.2, -0.15) is 0 Å². The molecule has 2 heterocycles. The fraction of sp³-hybridized carbons (Fsp3) is 0.333. The van der Waals surface area contributed by atoms with Crippen molar-refractivity contribution in [2.75, 3.05) is 26.2 Å². The molecule has 0 radical (unpaired) electrons. The Labute approximate surface area is 190 Å². The van der Waals surface area contributed by atoms with Crippen LogP contribution >= 0.6 is 0 Å². The second kappa shape index (κ2) is 10.4. The maximum Gasteiger partial charge on any atom is 0.278 e. The fourth-order valence-corrected chi connectivity index (χ4v) is 3.78. The largest absolute Gasteiger partial charge is 0.370 e. The molecule has 1 fully saturated rings. The highest BCUT2D eigenvalue weighted by atomic mass is 19.1. The van der Waals surface area contributed by atoms with Crippen LogP contribution in [-0.2, 0) is 22.6 Å². The molecule has 0 N–H and O–H groups in total. The Morgan fingerprint density at radius 3 is 2.64 bits per heavy atom. The van der Waals surface area contributed by atoms with Crippen molar-refractivity contribution >= 4 is 11.8 Å². The summed E-state index contributed by atoms with van der Waals surface area (Å²) >= 11 is 0. The molecular weight excluding hydrogens is 427 g/mol. The van der Waals surface area contributed by atoms with Gasteiger partial charge >= 0.3 is 0 Å². The molecule has 0 aliphatic carbocycles. The third-order valence-electron chi connectivity index (χ3n) is 5.56. The van der Waals surface area contributed by atoms with E-state index in [0.717, 1.165) is 5.56 Å². The van der Waals surface area contributed by atoms with Gasteiger partial charge in [0.25, 0.3) is 5.91 Å². The van der Waals surface area contributed by atoms with Crippen molar-refractivity contribution in [2.45, 2.75) is 26.1 Å². The summed E-state index contributed by atoms with van der Waals surface area (Å²) in [5.74, 6) is -0.959. The van der Waals surface area contributed by atoms with Crippen LogP contribution in [0.5, 0.6) is 0 Å². The van der Waals surface area contributed by atoms with E-state index in [1.807, 2.05) is 30.3 Å². The second-order valence-corrected chi connectivity index (χ2v) is 8.02. The Balaban J connectivity index is 1.50. The number of halogens is 1. The molecule has 2 amide bonds. The molecule has 172 valence electrons. The van der Waals surface area contributed by atoms with Crippen molar-refractivity contribution in [1.29, 1.82) is 0 Å². The van der Waals surface area contributed by atoms with Crippen LogP contribution in [0, 0.1) is 12.7 Å². The van der Waals surface area contributed by atoms with E-state index < -0.39 is 12.0 Å². The summed E-state index contributed by atoms with van der Waals surface area (Å²) in [5.41, 5.74) is 2.22. The standard InChI is InChI=1S/C24H25FN4O4/c1-17-23(27-33-26-17)24(31)29-14-21(32-16-19-8-5-9-20(25)12-19)13-28(22(30)15-29)11-10-18-6-3-2-4-7-18/h2-9,12,21H,10-11,13-16H2,1H3/t21-/m1/s1. The second-order valence-electron chi connectivity index (χ2n) is 8.02. The van der Waals surface area contributed by atoms with Gasteiger partial charge < -0.3 is 14.5 Å². The summed E-state index contributed by atoms with van der Waals surface area (Å²) in [7, 11) is 0. The van der Waals surface area contributed by atoms with Crippen LogP contribution in [0.4, 0.5) is 4.39 Å². The maximum atomic E-state index is 13.6. The molecule has 1 aromatic heterocycles. The van der Waals surface area contributed by atoms with E-state index in [1.165, 1.54) is 17.0 Å². The number of amides is 2. The van der Waals surface area contributed by atoms with Gasteiger partial charge in [-0.15, -0.1) is 0 Å². The summed E-state index contributed by atoms with van der Waals surface area (Å²) in [6, 6.07) is 16.0. The van der Waals surface area contributed by atoms with Crippen molar-refractivity contribution < 1.29 is 23.3 Å². The number of benzene rings is 2. The Hall–Kier alpha value is -3.59. The molecule has 1 aliphatic rings. The lowest BCUT2D eigenvalue weighted by molar-refractivity contribution is -0.131. The maximum absolute atomic E-state index is 13.6. The highest BCUT2D eigenvalue weighted by Crippen LogP contribution is 2.16. The van der Waals surface area contributed by atoms with Gasteiger partial charge in [-0.05, 0) is 41.8 Å². The van der Waals surface area contributed by atoms with Gasteiger partial charge in [0.15, 0.2) is 5.69 Å². The molecule has 9 heteroatoms. The normalized spacial score (nSPS) is 16.7. The topological polar surface area (TPSA) is 88.8 Å². The number of hydrogen-bond donors (Lipinski definition) is 0. The molecular formula is C24H25FN4O4. The van der Waals surface area contributed by atoms with Gasteiger partial charge in [0.1, 0.15) is 18.1 Å². The van der Waals surface area contributed by atoms with Gasteiger partial charge in [0.05, 0.1) is 12.7 Å². The number of carbonyl (C=O) groups excluding carboxylic acids is 2. The SMILES string of the molecule is Cc1nonc1C(=O)N1CC(=O)N(CCc2ccccc2)C[C@@H](OCc2cccc(F)c2)C1. The highest BCUT2D eigenvalue weighted by molar-refractivity contribution is 5.95. The number of nitrogens with zero attached hydrogens (tertiary/aromatic N) is 4. The molecule has 0 saturated carbocycles. The third kappa shape index (κ3) is 5.81. The number of rotatable bonds is 7. The van der Waals surface area contributed by atoms with Crippen molar-refractivity contribution in [2.24, 2.45) is 0 Å². The van der Waals surface area contributed by atoms with Crippen molar-refractivity contribution in [3.05, 3.63) is 82.9 Å². The molecule has 3 aromatic rings. The van der Waals surface area contributed by atoms with Crippen LogP contribution in [0.3, 0.4) is 0 Å². The first-order valence-corrected chi connectivity index (χ1v) is 10.8. The zero-order chi connectivity index (χ0) is 23.2. The van der Waals surface area contributed by atoms with Gasteiger partial charge in [0.2, 0.25) is 5.91 Å². The van der Waals surface area contributed by atoms with Gasteiger partial charge in [0, 0.05) is 19.6 Å². The predicted molar refractivity (Wildman–Crippen MR) is 117 cm³/mol. The number of ether oxygens (including phenoxy) is 1. The minimum atomic E-state index is -0.459. The Morgan fingerprint density at radius 1 is 1.12 bits per heavy atom. The number of aryl methyl sites for hydroxylation is 1. The van der Waals surface area contributed by atoms with Crippen molar-refractivity contribution in [1.82, 2.24) is 20.1 Å². The molecule has 0 bridgehead atoms. The molecule has 33 heavy (non-hydrogen) atoms. The van der Waals surface area contributed by atoms with Crippen molar-refractivity contribution in [3.8, 4) is 0 Å². The van der Waals surface area contributed by atoms with E-state index in [1.54, 1.807) is 24.0 Å². The fourth-order valence-electron chi connectivity index (χ4n) is 3.78. The quantitative estimate of drug-likeness (QED) is 0.548. The van der Waals surface area contributed by atoms with Crippen LogP contribution < -0.4 is 0 Å². The van der Waals surface area contributed by atoms with Crippen LogP contribution in [0.15, 0.2) is 59.2 Å². The van der Waals surface area contributed by atoms with Gasteiger partial charge in [-0.25, -0.2) is 9.02 Å². The Morgan fingerprint density at radius 2 is 1.91 bits per heavy atom. The predicted octanol–water partition coefficient (Wildman–Crippen LogP) is 2.63. The van der Waals surface area contributed by atoms with E-state index in [9.17, 15) is 14.0 Å². The molecule has 1 aliphatic heterocycles. The minimum Gasteiger partial charge on any atom is -0.370 e. The van der Waals surface area contributed by atoms with E-state index in [0.29, 0.717) is 30.8 Å². The Bertz CT molecular complexity index is 1100. The average Bonchev–Trinajstić information content (AvgIpc) is 3.17. The number of aromatic nitrogens is 2. The lowest BCUT2D eigenvalue weighted by Gasteiger charge is -2.25. The molecule has 0 spiro atoms. The smallest absolute Gasteiger partial charge is 0.278 e. The van der Waals surface area contributed by atoms with Gasteiger partial charge in [-0.3, -0.25) is 9.59 Å². The van der Waals surface area contributed by atoms with E-state index >= 15 is 0 Å². The zero-order valence-electron chi connectivity index (χ0n) is 18.3. The summed E-state index contributed by atoms with van der Waals surface area (Å²) < 4.78 is 24.3. The van der Waals surface area contributed by atoms with E-state index in [4.69, 9.17) is 4.74 Å². The van der Waals surface area contributed by atoms with Gasteiger partial charge in [-0.1, -0.05) is 47.6 Å². The lowest BCUT2D eigenvalue weighted by atomic mass is 10.1. The first-order valence-electron chi connectivity index (χ1n) is 10.8. The molecule has 2 aromatic carbocycles. The van der Waals surface area contributed by atoms with E-state index in [2.05, 4.69) is 14.9 Å². The summed E-state index contributed by atoms with van der Waals surface area (Å²) in [6.45, 7) is 2.69. The number of carbonyl (C=O) groups is 2. The third-order valence-corrected chi connectivity index (χ3v) is 5.56. The molecule has 1 atom stereocenters. The summed E-state index contributed by atoms with van der Waals surface area (Å²) in [5, 5.41) is 7.35.